The van der Waals surface area contributed by atoms with Crippen LogP contribution in [0.2, 0.25) is 0 Å². The lowest BCUT2D eigenvalue weighted by Crippen LogP contribution is -2.24. The van der Waals surface area contributed by atoms with E-state index in [0.29, 0.717) is 27.9 Å². The van der Waals surface area contributed by atoms with Crippen molar-refractivity contribution in [2.75, 3.05) is 7.11 Å². The number of ether oxygens (including phenoxy) is 1. The number of nitrogens with zero attached hydrogens (tertiary/aromatic N) is 2. The average molecular weight is 447 g/mol. The number of hydrogen-bond donors (Lipinski definition) is 2. The fourth-order valence-electron chi connectivity index (χ4n) is 3.70. The number of carbonyl (C=O) groups excluding carboxylic acids is 1. The van der Waals surface area contributed by atoms with E-state index in [9.17, 15) is 19.1 Å². The van der Waals surface area contributed by atoms with Crippen molar-refractivity contribution < 1.29 is 19.0 Å². The molecule has 0 unspecified atom stereocenters. The molecule has 0 aliphatic carbocycles. The quantitative estimate of drug-likeness (QED) is 0.473. The van der Waals surface area contributed by atoms with E-state index in [1.807, 2.05) is 0 Å². The van der Waals surface area contributed by atoms with Crippen LogP contribution < -0.4 is 15.6 Å². The van der Waals surface area contributed by atoms with Crippen LogP contribution in [0.1, 0.15) is 27.0 Å². The van der Waals surface area contributed by atoms with Gasteiger partial charge in [0.2, 0.25) is 5.88 Å². The molecule has 7 nitrogen and oxygen atoms in total. The zero-order chi connectivity index (χ0) is 23.5. The Hall–Kier alpha value is -4.20. The SMILES string of the molecule is COc1cc(CNC(=O)c2ccc3c(c2)c(O)c(Cc2cccc(F)c2)c(=O)n3C)ccn1. The van der Waals surface area contributed by atoms with Crippen molar-refractivity contribution in [1.82, 2.24) is 14.9 Å². The summed E-state index contributed by atoms with van der Waals surface area (Å²) in [4.78, 5) is 29.6. The topological polar surface area (TPSA) is 93.5 Å². The second-order valence-electron chi connectivity index (χ2n) is 7.62. The van der Waals surface area contributed by atoms with Gasteiger partial charge < -0.3 is 19.7 Å². The summed E-state index contributed by atoms with van der Waals surface area (Å²) in [6.07, 6.45) is 1.65. The van der Waals surface area contributed by atoms with Gasteiger partial charge in [-0.05, 0) is 47.5 Å². The lowest BCUT2D eigenvalue weighted by Gasteiger charge is -2.13. The van der Waals surface area contributed by atoms with Gasteiger partial charge in [0.15, 0.2) is 0 Å². The largest absolute Gasteiger partial charge is 0.507 e. The standard InChI is InChI=1S/C25H22FN3O4/c1-29-21-7-6-17(24(31)28-14-16-8-9-27-22(12-16)33-2)13-19(21)23(30)20(25(29)32)11-15-4-3-5-18(26)10-15/h3-10,12-13,30H,11,14H2,1-2H3,(H,28,31). The summed E-state index contributed by atoms with van der Waals surface area (Å²) in [6.45, 7) is 0.264. The number of nitrogens with one attached hydrogen (secondary N) is 1. The molecule has 2 heterocycles. The smallest absolute Gasteiger partial charge is 0.258 e. The van der Waals surface area contributed by atoms with Crippen LogP contribution in [0.25, 0.3) is 10.9 Å². The van der Waals surface area contributed by atoms with E-state index >= 15 is 0 Å². The van der Waals surface area contributed by atoms with E-state index in [-0.39, 0.29) is 35.7 Å². The van der Waals surface area contributed by atoms with Gasteiger partial charge in [-0.3, -0.25) is 9.59 Å². The first kappa shape index (κ1) is 22.0. The molecule has 1 amide bonds. The number of carbonyl (C=O) groups is 1. The van der Waals surface area contributed by atoms with Crippen molar-refractivity contribution in [1.29, 1.82) is 0 Å². The van der Waals surface area contributed by atoms with E-state index in [2.05, 4.69) is 10.3 Å². The molecule has 0 fully saturated rings. The third-order valence-corrected chi connectivity index (χ3v) is 5.46. The summed E-state index contributed by atoms with van der Waals surface area (Å²) < 4.78 is 20.1. The number of amides is 1. The molecule has 2 aromatic heterocycles. The van der Waals surface area contributed by atoms with Crippen LogP contribution in [-0.2, 0) is 20.0 Å². The van der Waals surface area contributed by atoms with Crippen LogP contribution in [0.3, 0.4) is 0 Å². The van der Waals surface area contributed by atoms with E-state index in [1.54, 1.807) is 55.7 Å². The van der Waals surface area contributed by atoms with Crippen LogP contribution in [0.5, 0.6) is 11.6 Å². The molecular weight excluding hydrogens is 425 g/mol. The molecule has 0 spiro atoms. The van der Waals surface area contributed by atoms with Gasteiger partial charge in [0.1, 0.15) is 11.6 Å². The molecule has 4 aromatic rings. The number of aryl methyl sites for hydroxylation is 1. The molecule has 4 rings (SSSR count). The second-order valence-corrected chi connectivity index (χ2v) is 7.62. The lowest BCUT2D eigenvalue weighted by molar-refractivity contribution is 0.0951. The second kappa shape index (κ2) is 9.12. The van der Waals surface area contributed by atoms with Crippen LogP contribution >= 0.6 is 0 Å². The maximum atomic E-state index is 13.6. The van der Waals surface area contributed by atoms with Crippen molar-refractivity contribution in [3.63, 3.8) is 0 Å². The van der Waals surface area contributed by atoms with Crippen LogP contribution in [0.15, 0.2) is 65.6 Å². The molecule has 0 radical (unpaired) electrons. The minimum Gasteiger partial charge on any atom is -0.507 e. The third kappa shape index (κ3) is 4.55. The van der Waals surface area contributed by atoms with Gasteiger partial charge in [-0.1, -0.05) is 12.1 Å². The summed E-state index contributed by atoms with van der Waals surface area (Å²) in [6, 6.07) is 14.1. The number of hydrogen-bond acceptors (Lipinski definition) is 5. The predicted molar refractivity (Wildman–Crippen MR) is 122 cm³/mol. The Bertz CT molecular complexity index is 1410. The fraction of sp³-hybridized carbons (Fsp3) is 0.160. The number of methoxy groups -OCH3 is 1. The molecular formula is C25H22FN3O4. The molecule has 0 aliphatic heterocycles. The van der Waals surface area contributed by atoms with E-state index in [0.717, 1.165) is 5.56 Å². The first-order chi connectivity index (χ1) is 15.9. The highest BCUT2D eigenvalue weighted by molar-refractivity contribution is 5.99. The first-order valence-electron chi connectivity index (χ1n) is 10.2. The molecule has 0 bridgehead atoms. The number of pyridine rings is 2. The molecule has 2 aromatic carbocycles. The van der Waals surface area contributed by atoms with Crippen LogP contribution in [0.4, 0.5) is 4.39 Å². The fourth-order valence-corrected chi connectivity index (χ4v) is 3.70. The Balaban J connectivity index is 1.65. The Morgan fingerprint density at radius 1 is 1.15 bits per heavy atom. The Morgan fingerprint density at radius 2 is 1.97 bits per heavy atom. The van der Waals surface area contributed by atoms with Gasteiger partial charge in [0.05, 0.1) is 18.2 Å². The summed E-state index contributed by atoms with van der Waals surface area (Å²) in [5.74, 6) is -0.530. The summed E-state index contributed by atoms with van der Waals surface area (Å²) in [5, 5.41) is 14.1. The highest BCUT2D eigenvalue weighted by Crippen LogP contribution is 2.28. The molecule has 0 atom stereocenters. The van der Waals surface area contributed by atoms with Crippen molar-refractivity contribution in [3.05, 3.63) is 99.2 Å². The third-order valence-electron chi connectivity index (χ3n) is 5.46. The van der Waals surface area contributed by atoms with Crippen LogP contribution in [0, 0.1) is 5.82 Å². The number of benzene rings is 2. The monoisotopic (exact) mass is 447 g/mol. The molecule has 2 N–H and O–H groups in total. The molecule has 168 valence electrons. The zero-order valence-corrected chi connectivity index (χ0v) is 18.1. The zero-order valence-electron chi connectivity index (χ0n) is 18.1. The summed E-state index contributed by atoms with van der Waals surface area (Å²) >= 11 is 0. The maximum Gasteiger partial charge on any atom is 0.258 e. The van der Waals surface area contributed by atoms with Crippen molar-refractivity contribution in [2.45, 2.75) is 13.0 Å². The number of halogens is 1. The Kier molecular flexibility index (Phi) is 6.08. The minimum absolute atomic E-state index is 0.0620. The summed E-state index contributed by atoms with van der Waals surface area (Å²) in [7, 11) is 3.11. The molecule has 0 saturated carbocycles. The predicted octanol–water partition coefficient (Wildman–Crippen LogP) is 3.31. The van der Waals surface area contributed by atoms with Crippen molar-refractivity contribution in [3.8, 4) is 11.6 Å². The Morgan fingerprint density at radius 3 is 2.73 bits per heavy atom. The van der Waals surface area contributed by atoms with Crippen molar-refractivity contribution in [2.24, 2.45) is 7.05 Å². The highest BCUT2D eigenvalue weighted by Gasteiger charge is 2.17. The van der Waals surface area contributed by atoms with Crippen molar-refractivity contribution >= 4 is 16.8 Å². The van der Waals surface area contributed by atoms with Gasteiger partial charge in [-0.2, -0.15) is 0 Å². The normalized spacial score (nSPS) is 10.9. The molecule has 0 saturated heterocycles. The number of rotatable bonds is 6. The molecule has 33 heavy (non-hydrogen) atoms. The number of fused-ring (bicyclic) bond motifs is 1. The summed E-state index contributed by atoms with van der Waals surface area (Å²) in [5.41, 5.74) is 1.94. The highest BCUT2D eigenvalue weighted by atomic mass is 19.1. The van der Waals surface area contributed by atoms with Gasteiger partial charge in [-0.25, -0.2) is 9.37 Å². The molecule has 0 aliphatic rings. The number of aromatic nitrogens is 2. The van der Waals surface area contributed by atoms with Crippen LogP contribution in [-0.4, -0.2) is 27.7 Å². The Labute approximate surface area is 189 Å². The van der Waals surface area contributed by atoms with E-state index in [1.165, 1.54) is 23.8 Å². The van der Waals surface area contributed by atoms with E-state index < -0.39 is 5.82 Å². The number of aromatic hydroxyl groups is 1. The average Bonchev–Trinajstić information content (AvgIpc) is 2.83. The van der Waals surface area contributed by atoms with Gasteiger partial charge in [-0.15, -0.1) is 0 Å². The van der Waals surface area contributed by atoms with Gasteiger partial charge in [0, 0.05) is 43.2 Å². The van der Waals surface area contributed by atoms with Gasteiger partial charge in [0.25, 0.3) is 11.5 Å². The van der Waals surface area contributed by atoms with E-state index in [4.69, 9.17) is 4.74 Å². The minimum atomic E-state index is -0.421. The maximum absolute atomic E-state index is 13.6. The molecule has 8 heteroatoms. The lowest BCUT2D eigenvalue weighted by atomic mass is 10.0. The first-order valence-corrected chi connectivity index (χ1v) is 10.2. The van der Waals surface area contributed by atoms with Gasteiger partial charge >= 0.3 is 0 Å².